The molecule has 0 aromatic heterocycles. The maximum atomic E-state index is 11.2. The van der Waals surface area contributed by atoms with Crippen molar-refractivity contribution in [2.45, 2.75) is 20.3 Å². The van der Waals surface area contributed by atoms with E-state index in [1.807, 2.05) is 19.1 Å². The van der Waals surface area contributed by atoms with Gasteiger partial charge in [-0.3, -0.25) is 4.79 Å². The van der Waals surface area contributed by atoms with E-state index in [0.29, 0.717) is 5.56 Å². The van der Waals surface area contributed by atoms with Crippen molar-refractivity contribution in [1.82, 2.24) is 0 Å². The molecule has 0 saturated heterocycles. The van der Waals surface area contributed by atoms with E-state index < -0.39 is 0 Å². The molecular weight excluding hydrogens is 216 g/mol. The number of carbonyl (C=O) groups excluding carboxylic acids is 2. The average molecular weight is 232 g/mol. The van der Waals surface area contributed by atoms with Crippen molar-refractivity contribution < 1.29 is 14.3 Å². The number of methoxy groups -OCH3 is 1. The quantitative estimate of drug-likeness (QED) is 0.455. The van der Waals surface area contributed by atoms with Crippen LogP contribution in [-0.4, -0.2) is 18.9 Å². The summed E-state index contributed by atoms with van der Waals surface area (Å²) in [7, 11) is 1.34. The molecule has 17 heavy (non-hydrogen) atoms. The molecule has 0 aliphatic heterocycles. The highest BCUT2D eigenvalue weighted by Gasteiger charge is 2.04. The van der Waals surface area contributed by atoms with Crippen LogP contribution >= 0.6 is 0 Å². The number of hydrogen-bond donors (Lipinski definition) is 0. The van der Waals surface area contributed by atoms with Gasteiger partial charge in [0.05, 0.1) is 7.11 Å². The number of carbonyl (C=O) groups is 2. The molecule has 3 nitrogen and oxygen atoms in total. The summed E-state index contributed by atoms with van der Waals surface area (Å²) < 4.78 is 4.53. The first-order valence-electron chi connectivity index (χ1n) is 5.48. The van der Waals surface area contributed by atoms with Crippen LogP contribution in [0.4, 0.5) is 0 Å². The standard InChI is InChI=1S/C14H16O3/c1-4-11-9-13(10(2)15)6-5-12(11)7-8-14(16)17-3/h5-9H,4H2,1-3H3/b8-7+. The van der Waals surface area contributed by atoms with E-state index in [2.05, 4.69) is 4.74 Å². The van der Waals surface area contributed by atoms with Gasteiger partial charge in [-0.05, 0) is 36.6 Å². The number of esters is 1. The summed E-state index contributed by atoms with van der Waals surface area (Å²) in [6.45, 7) is 3.55. The summed E-state index contributed by atoms with van der Waals surface area (Å²) in [5.74, 6) is -0.342. The Labute approximate surface area is 101 Å². The van der Waals surface area contributed by atoms with Crippen LogP contribution in [0.25, 0.3) is 6.08 Å². The van der Waals surface area contributed by atoms with Crippen molar-refractivity contribution in [3.05, 3.63) is 41.0 Å². The van der Waals surface area contributed by atoms with Crippen molar-refractivity contribution >= 4 is 17.8 Å². The molecule has 0 spiro atoms. The van der Waals surface area contributed by atoms with Gasteiger partial charge in [0.1, 0.15) is 0 Å². The molecule has 0 aliphatic carbocycles. The van der Waals surface area contributed by atoms with E-state index in [1.54, 1.807) is 19.1 Å². The fourth-order valence-electron chi connectivity index (χ4n) is 1.52. The van der Waals surface area contributed by atoms with Gasteiger partial charge in [0.15, 0.2) is 5.78 Å². The monoisotopic (exact) mass is 232 g/mol. The molecule has 0 atom stereocenters. The van der Waals surface area contributed by atoms with Gasteiger partial charge in [0.25, 0.3) is 0 Å². The highest BCUT2D eigenvalue weighted by Crippen LogP contribution is 2.15. The fourth-order valence-corrected chi connectivity index (χ4v) is 1.52. The predicted octanol–water partition coefficient (Wildman–Crippen LogP) is 2.64. The third-order valence-corrected chi connectivity index (χ3v) is 2.53. The SMILES string of the molecule is CCc1cc(C(C)=O)ccc1/C=C/C(=O)OC. The van der Waals surface area contributed by atoms with Crippen LogP contribution in [0.2, 0.25) is 0 Å². The largest absolute Gasteiger partial charge is 0.466 e. The Morgan fingerprint density at radius 3 is 2.59 bits per heavy atom. The molecule has 1 aromatic carbocycles. The first-order chi connectivity index (χ1) is 8.08. The molecule has 1 rings (SSSR count). The van der Waals surface area contributed by atoms with E-state index >= 15 is 0 Å². The maximum absolute atomic E-state index is 11.2. The van der Waals surface area contributed by atoms with Crippen molar-refractivity contribution in [3.8, 4) is 0 Å². The van der Waals surface area contributed by atoms with E-state index in [1.165, 1.54) is 13.2 Å². The predicted molar refractivity (Wildman–Crippen MR) is 66.9 cm³/mol. The highest BCUT2D eigenvalue weighted by molar-refractivity contribution is 5.94. The minimum absolute atomic E-state index is 0.0446. The molecule has 0 bridgehead atoms. The summed E-state index contributed by atoms with van der Waals surface area (Å²) in [5, 5.41) is 0. The second-order valence-corrected chi connectivity index (χ2v) is 3.68. The van der Waals surface area contributed by atoms with Crippen LogP contribution in [0.3, 0.4) is 0 Å². The Morgan fingerprint density at radius 2 is 2.06 bits per heavy atom. The van der Waals surface area contributed by atoms with Gasteiger partial charge in [-0.2, -0.15) is 0 Å². The summed E-state index contributed by atoms with van der Waals surface area (Å²) in [6, 6.07) is 5.47. The summed E-state index contributed by atoms with van der Waals surface area (Å²) in [4.78, 5) is 22.2. The Bertz CT molecular complexity index is 459. The minimum atomic E-state index is -0.386. The fraction of sp³-hybridized carbons (Fsp3) is 0.286. The molecule has 0 saturated carbocycles. The zero-order valence-corrected chi connectivity index (χ0v) is 10.3. The van der Waals surface area contributed by atoms with E-state index in [4.69, 9.17) is 0 Å². The molecule has 0 fully saturated rings. The van der Waals surface area contributed by atoms with Gasteiger partial charge in [0.2, 0.25) is 0 Å². The number of aryl methyl sites for hydroxylation is 1. The van der Waals surface area contributed by atoms with Crippen molar-refractivity contribution in [2.24, 2.45) is 0 Å². The minimum Gasteiger partial charge on any atom is -0.466 e. The first kappa shape index (κ1) is 13.2. The van der Waals surface area contributed by atoms with Gasteiger partial charge in [-0.25, -0.2) is 4.79 Å². The zero-order valence-electron chi connectivity index (χ0n) is 10.3. The second-order valence-electron chi connectivity index (χ2n) is 3.68. The van der Waals surface area contributed by atoms with Gasteiger partial charge in [-0.15, -0.1) is 0 Å². The van der Waals surface area contributed by atoms with Crippen LogP contribution in [0.1, 0.15) is 35.3 Å². The average Bonchev–Trinajstić information content (AvgIpc) is 2.35. The normalized spacial score (nSPS) is 10.5. The number of Topliss-reactive ketones (excluding diaryl/α,β-unsaturated/α-hetero) is 1. The number of ketones is 1. The van der Waals surface area contributed by atoms with Crippen LogP contribution < -0.4 is 0 Å². The number of rotatable bonds is 4. The van der Waals surface area contributed by atoms with Crippen molar-refractivity contribution in [2.75, 3.05) is 7.11 Å². The topological polar surface area (TPSA) is 43.4 Å². The lowest BCUT2D eigenvalue weighted by atomic mass is 10.00. The van der Waals surface area contributed by atoms with E-state index in [9.17, 15) is 9.59 Å². The van der Waals surface area contributed by atoms with Gasteiger partial charge in [0, 0.05) is 11.6 Å². The Kier molecular flexibility index (Phi) is 4.64. The second kappa shape index (κ2) is 5.99. The van der Waals surface area contributed by atoms with Crippen LogP contribution in [0, 0.1) is 0 Å². The van der Waals surface area contributed by atoms with Gasteiger partial charge < -0.3 is 4.74 Å². The number of ether oxygens (including phenoxy) is 1. The molecule has 90 valence electrons. The molecule has 3 heteroatoms. The lowest BCUT2D eigenvalue weighted by molar-refractivity contribution is -0.134. The first-order valence-corrected chi connectivity index (χ1v) is 5.48. The third kappa shape index (κ3) is 3.55. The molecule has 1 aromatic rings. The molecule has 0 radical (unpaired) electrons. The summed E-state index contributed by atoms with van der Waals surface area (Å²) >= 11 is 0. The van der Waals surface area contributed by atoms with Crippen molar-refractivity contribution in [1.29, 1.82) is 0 Å². The molecule has 0 heterocycles. The molecule has 0 amide bonds. The molecule has 0 aliphatic rings. The maximum Gasteiger partial charge on any atom is 0.330 e. The summed E-state index contributed by atoms with van der Waals surface area (Å²) in [6.07, 6.45) is 3.89. The third-order valence-electron chi connectivity index (χ3n) is 2.53. The number of hydrogen-bond acceptors (Lipinski definition) is 3. The highest BCUT2D eigenvalue weighted by atomic mass is 16.5. The zero-order chi connectivity index (χ0) is 12.8. The van der Waals surface area contributed by atoms with Crippen molar-refractivity contribution in [3.63, 3.8) is 0 Å². The summed E-state index contributed by atoms with van der Waals surface area (Å²) in [5.41, 5.74) is 2.66. The van der Waals surface area contributed by atoms with Gasteiger partial charge in [-0.1, -0.05) is 19.1 Å². The van der Waals surface area contributed by atoms with E-state index in [0.717, 1.165) is 17.5 Å². The smallest absolute Gasteiger partial charge is 0.330 e. The van der Waals surface area contributed by atoms with Crippen LogP contribution in [0.15, 0.2) is 24.3 Å². The van der Waals surface area contributed by atoms with Gasteiger partial charge >= 0.3 is 5.97 Å². The van der Waals surface area contributed by atoms with E-state index in [-0.39, 0.29) is 11.8 Å². The molecule has 0 N–H and O–H groups in total. The van der Waals surface area contributed by atoms with Crippen LogP contribution in [-0.2, 0) is 16.0 Å². The van der Waals surface area contributed by atoms with Crippen LogP contribution in [0.5, 0.6) is 0 Å². The Balaban J connectivity index is 3.05. The Hall–Kier alpha value is -1.90. The molecule has 0 unspecified atom stereocenters. The lowest BCUT2D eigenvalue weighted by Gasteiger charge is -2.05. The lowest BCUT2D eigenvalue weighted by Crippen LogP contribution is -1.97. The molecular formula is C14H16O3. The Morgan fingerprint density at radius 1 is 1.35 bits per heavy atom. The number of benzene rings is 1.